The van der Waals surface area contributed by atoms with Crippen molar-refractivity contribution in [3.63, 3.8) is 0 Å². The SMILES string of the molecule is CCC(CC)C(Cl)CNCC1CCC2(CCCCC2)O1. The highest BCUT2D eigenvalue weighted by atomic mass is 35.5. The fraction of sp³-hybridized carbons (Fsp3) is 1.00. The number of alkyl halides is 1. The Morgan fingerprint density at radius 1 is 1.15 bits per heavy atom. The zero-order chi connectivity index (χ0) is 14.4. The van der Waals surface area contributed by atoms with Gasteiger partial charge in [-0.25, -0.2) is 0 Å². The lowest BCUT2D eigenvalue weighted by molar-refractivity contribution is -0.0623. The second-order valence-electron chi connectivity index (χ2n) is 6.77. The second kappa shape index (κ2) is 8.00. The average Bonchev–Trinajstić information content (AvgIpc) is 2.84. The lowest BCUT2D eigenvalue weighted by atomic mass is 9.83. The van der Waals surface area contributed by atoms with Crippen molar-refractivity contribution < 1.29 is 4.74 Å². The summed E-state index contributed by atoms with van der Waals surface area (Å²) in [5, 5.41) is 3.80. The fourth-order valence-corrected chi connectivity index (χ4v) is 4.42. The zero-order valence-corrected chi connectivity index (χ0v) is 14.1. The van der Waals surface area contributed by atoms with Crippen molar-refractivity contribution in [3.05, 3.63) is 0 Å². The van der Waals surface area contributed by atoms with Crippen molar-refractivity contribution in [1.29, 1.82) is 0 Å². The smallest absolute Gasteiger partial charge is 0.0708 e. The maximum Gasteiger partial charge on any atom is 0.0708 e. The van der Waals surface area contributed by atoms with E-state index < -0.39 is 0 Å². The summed E-state index contributed by atoms with van der Waals surface area (Å²) in [7, 11) is 0. The van der Waals surface area contributed by atoms with Crippen molar-refractivity contribution >= 4 is 11.6 Å². The van der Waals surface area contributed by atoms with Gasteiger partial charge < -0.3 is 10.1 Å². The summed E-state index contributed by atoms with van der Waals surface area (Å²) < 4.78 is 6.38. The Hall–Kier alpha value is 0.210. The van der Waals surface area contributed by atoms with E-state index in [1.54, 1.807) is 0 Å². The summed E-state index contributed by atoms with van der Waals surface area (Å²) in [5.41, 5.74) is 0.250. The maximum absolute atomic E-state index is 6.47. The molecule has 1 aliphatic heterocycles. The first-order chi connectivity index (χ1) is 9.69. The van der Waals surface area contributed by atoms with Crippen LogP contribution in [0.4, 0.5) is 0 Å². The molecule has 1 saturated heterocycles. The van der Waals surface area contributed by atoms with E-state index in [0.29, 0.717) is 12.0 Å². The largest absolute Gasteiger partial charge is 0.370 e. The Morgan fingerprint density at radius 2 is 1.85 bits per heavy atom. The molecule has 1 saturated carbocycles. The lowest BCUT2D eigenvalue weighted by Crippen LogP contribution is -2.37. The molecule has 3 heteroatoms. The predicted molar refractivity (Wildman–Crippen MR) is 86.5 cm³/mol. The molecule has 1 aliphatic carbocycles. The third-order valence-electron chi connectivity index (χ3n) is 5.37. The Labute approximate surface area is 130 Å². The van der Waals surface area contributed by atoms with Crippen LogP contribution in [-0.2, 0) is 4.74 Å². The van der Waals surface area contributed by atoms with Crippen LogP contribution in [0, 0.1) is 5.92 Å². The van der Waals surface area contributed by atoms with Crippen LogP contribution in [0.15, 0.2) is 0 Å². The number of hydrogen-bond acceptors (Lipinski definition) is 2. The molecule has 2 unspecified atom stereocenters. The minimum absolute atomic E-state index is 0.250. The van der Waals surface area contributed by atoms with E-state index in [9.17, 15) is 0 Å². The van der Waals surface area contributed by atoms with E-state index in [0.717, 1.165) is 13.1 Å². The van der Waals surface area contributed by atoms with Gasteiger partial charge in [-0.3, -0.25) is 0 Å². The monoisotopic (exact) mass is 301 g/mol. The van der Waals surface area contributed by atoms with Crippen LogP contribution in [0.2, 0.25) is 0 Å². The standard InChI is InChI=1S/C17H32ClNO/c1-3-14(4-2)16(18)13-19-12-15-8-11-17(20-15)9-6-5-7-10-17/h14-16,19H,3-13H2,1-2H3. The molecule has 1 spiro atoms. The summed E-state index contributed by atoms with van der Waals surface area (Å²) in [5.74, 6) is 0.637. The van der Waals surface area contributed by atoms with Crippen LogP contribution >= 0.6 is 11.6 Å². The minimum Gasteiger partial charge on any atom is -0.370 e. The molecule has 0 aromatic rings. The molecular weight excluding hydrogens is 270 g/mol. The van der Waals surface area contributed by atoms with Crippen molar-refractivity contribution in [3.8, 4) is 0 Å². The fourth-order valence-electron chi connectivity index (χ4n) is 3.95. The summed E-state index contributed by atoms with van der Waals surface area (Å²) in [6, 6.07) is 0. The van der Waals surface area contributed by atoms with E-state index in [-0.39, 0.29) is 11.0 Å². The lowest BCUT2D eigenvalue weighted by Gasteiger charge is -2.33. The quantitative estimate of drug-likeness (QED) is 0.699. The Kier molecular flexibility index (Phi) is 6.64. The molecule has 0 aromatic carbocycles. The van der Waals surface area contributed by atoms with Crippen LogP contribution in [-0.4, -0.2) is 30.2 Å². The predicted octanol–water partition coefficient (Wildman–Crippen LogP) is 4.50. The van der Waals surface area contributed by atoms with Crippen molar-refractivity contribution in [2.75, 3.05) is 13.1 Å². The Balaban J connectivity index is 1.65. The van der Waals surface area contributed by atoms with Crippen LogP contribution in [0.1, 0.15) is 71.6 Å². The third kappa shape index (κ3) is 4.35. The summed E-state index contributed by atoms with van der Waals surface area (Å²) in [6.45, 7) is 6.36. The van der Waals surface area contributed by atoms with Gasteiger partial charge in [0, 0.05) is 18.5 Å². The van der Waals surface area contributed by atoms with Gasteiger partial charge >= 0.3 is 0 Å². The molecule has 2 aliphatic rings. The molecule has 118 valence electrons. The average molecular weight is 302 g/mol. The van der Waals surface area contributed by atoms with E-state index >= 15 is 0 Å². The molecule has 1 N–H and O–H groups in total. The van der Waals surface area contributed by atoms with Crippen LogP contribution in [0.3, 0.4) is 0 Å². The van der Waals surface area contributed by atoms with Gasteiger partial charge in [0.25, 0.3) is 0 Å². The summed E-state index contributed by atoms with van der Waals surface area (Å²) in [6.07, 6.45) is 12.0. The molecule has 20 heavy (non-hydrogen) atoms. The van der Waals surface area contributed by atoms with Crippen molar-refractivity contribution in [1.82, 2.24) is 5.32 Å². The van der Waals surface area contributed by atoms with E-state index in [2.05, 4.69) is 19.2 Å². The number of rotatable bonds is 7. The van der Waals surface area contributed by atoms with E-state index in [1.165, 1.54) is 57.8 Å². The summed E-state index contributed by atoms with van der Waals surface area (Å²) in [4.78, 5) is 0. The van der Waals surface area contributed by atoms with Crippen molar-refractivity contribution in [2.45, 2.75) is 88.7 Å². The molecule has 2 fully saturated rings. The van der Waals surface area contributed by atoms with Crippen molar-refractivity contribution in [2.24, 2.45) is 5.92 Å². The molecule has 0 amide bonds. The first kappa shape index (κ1) is 16.6. The molecule has 0 radical (unpaired) electrons. The van der Waals surface area contributed by atoms with Crippen LogP contribution < -0.4 is 5.32 Å². The highest BCUT2D eigenvalue weighted by molar-refractivity contribution is 6.21. The molecule has 2 rings (SSSR count). The maximum atomic E-state index is 6.47. The highest BCUT2D eigenvalue weighted by Gasteiger charge is 2.40. The van der Waals surface area contributed by atoms with Gasteiger partial charge in [0.1, 0.15) is 0 Å². The second-order valence-corrected chi connectivity index (χ2v) is 7.33. The minimum atomic E-state index is 0.250. The van der Waals surface area contributed by atoms with Gasteiger partial charge in [-0.05, 0) is 31.6 Å². The van der Waals surface area contributed by atoms with E-state index in [4.69, 9.17) is 16.3 Å². The number of hydrogen-bond donors (Lipinski definition) is 1. The molecule has 1 heterocycles. The normalized spacial score (nSPS) is 27.3. The van der Waals surface area contributed by atoms with Gasteiger partial charge in [-0.1, -0.05) is 46.0 Å². The summed E-state index contributed by atoms with van der Waals surface area (Å²) >= 11 is 6.47. The third-order valence-corrected chi connectivity index (χ3v) is 5.89. The molecular formula is C17H32ClNO. The van der Waals surface area contributed by atoms with Crippen LogP contribution in [0.5, 0.6) is 0 Å². The molecule has 2 atom stereocenters. The Bertz CT molecular complexity index is 274. The topological polar surface area (TPSA) is 21.3 Å². The van der Waals surface area contributed by atoms with Gasteiger partial charge in [0.05, 0.1) is 11.7 Å². The first-order valence-electron chi connectivity index (χ1n) is 8.71. The Morgan fingerprint density at radius 3 is 2.50 bits per heavy atom. The van der Waals surface area contributed by atoms with Crippen LogP contribution in [0.25, 0.3) is 0 Å². The number of ether oxygens (including phenoxy) is 1. The molecule has 0 aromatic heterocycles. The van der Waals surface area contributed by atoms with Gasteiger partial charge in [0.2, 0.25) is 0 Å². The highest BCUT2D eigenvalue weighted by Crippen LogP contribution is 2.41. The molecule has 2 nitrogen and oxygen atoms in total. The zero-order valence-electron chi connectivity index (χ0n) is 13.3. The first-order valence-corrected chi connectivity index (χ1v) is 9.15. The van der Waals surface area contributed by atoms with Gasteiger partial charge in [-0.15, -0.1) is 11.6 Å². The number of halogens is 1. The van der Waals surface area contributed by atoms with E-state index in [1.807, 2.05) is 0 Å². The molecule has 0 bridgehead atoms. The van der Waals surface area contributed by atoms with Gasteiger partial charge in [0.15, 0.2) is 0 Å². The number of nitrogens with one attached hydrogen (secondary N) is 1. The van der Waals surface area contributed by atoms with Gasteiger partial charge in [-0.2, -0.15) is 0 Å².